The molecule has 0 aliphatic rings. The van der Waals surface area contributed by atoms with Gasteiger partial charge in [0.15, 0.2) is 0 Å². The molecule has 0 fully saturated rings. The van der Waals surface area contributed by atoms with Crippen LogP contribution in [0.3, 0.4) is 0 Å². The summed E-state index contributed by atoms with van der Waals surface area (Å²) < 4.78 is 0. The van der Waals surface area contributed by atoms with Gasteiger partial charge >= 0.3 is 0 Å². The summed E-state index contributed by atoms with van der Waals surface area (Å²) in [6, 6.07) is 7.58. The minimum Gasteiger partial charge on any atom is -0.396 e. The fourth-order valence-corrected chi connectivity index (χ4v) is 1.41. The molecule has 76 valence electrons. The quantitative estimate of drug-likeness (QED) is 0.746. The van der Waals surface area contributed by atoms with Gasteiger partial charge in [-0.1, -0.05) is 0 Å². The molecule has 1 amide bonds. The average molecular weight is 211 g/mol. The Hall–Kier alpha value is -1.00. The SMILES string of the molecule is CSc1ccc(NC(=O)CCO)cc1. The number of hydrogen-bond donors (Lipinski definition) is 2. The van der Waals surface area contributed by atoms with Crippen molar-refractivity contribution in [1.29, 1.82) is 0 Å². The highest BCUT2D eigenvalue weighted by atomic mass is 32.2. The normalized spacial score (nSPS) is 9.86. The molecular formula is C10H13NO2S. The Morgan fingerprint density at radius 3 is 2.57 bits per heavy atom. The van der Waals surface area contributed by atoms with Crippen LogP contribution in [0, 0.1) is 0 Å². The number of anilines is 1. The largest absolute Gasteiger partial charge is 0.396 e. The Labute approximate surface area is 87.5 Å². The number of nitrogens with one attached hydrogen (secondary N) is 1. The highest BCUT2D eigenvalue weighted by molar-refractivity contribution is 7.98. The summed E-state index contributed by atoms with van der Waals surface area (Å²) in [5, 5.41) is 11.2. The number of aliphatic hydroxyl groups excluding tert-OH is 1. The molecule has 0 heterocycles. The molecule has 0 aromatic heterocycles. The molecule has 1 aromatic carbocycles. The van der Waals surface area contributed by atoms with Gasteiger partial charge < -0.3 is 10.4 Å². The number of benzene rings is 1. The summed E-state index contributed by atoms with van der Waals surface area (Å²) in [6.45, 7) is -0.116. The van der Waals surface area contributed by atoms with Crippen LogP contribution in [0.2, 0.25) is 0 Å². The molecular weight excluding hydrogens is 198 g/mol. The number of hydrogen-bond acceptors (Lipinski definition) is 3. The van der Waals surface area contributed by atoms with E-state index in [1.807, 2.05) is 30.5 Å². The average Bonchev–Trinajstić information content (AvgIpc) is 2.19. The van der Waals surface area contributed by atoms with Crippen LogP contribution in [0.5, 0.6) is 0 Å². The highest BCUT2D eigenvalue weighted by Gasteiger charge is 2.00. The number of amides is 1. The van der Waals surface area contributed by atoms with E-state index in [2.05, 4.69) is 5.32 Å². The van der Waals surface area contributed by atoms with Crippen molar-refractivity contribution in [3.8, 4) is 0 Å². The van der Waals surface area contributed by atoms with E-state index in [-0.39, 0.29) is 18.9 Å². The second-order valence-corrected chi connectivity index (χ2v) is 3.63. The first kappa shape index (κ1) is 11.1. The van der Waals surface area contributed by atoms with Crippen molar-refractivity contribution in [3.63, 3.8) is 0 Å². The second-order valence-electron chi connectivity index (χ2n) is 2.75. The fraction of sp³-hybridized carbons (Fsp3) is 0.300. The molecule has 4 heteroatoms. The van der Waals surface area contributed by atoms with Gasteiger partial charge in [0, 0.05) is 10.6 Å². The molecule has 1 rings (SSSR count). The highest BCUT2D eigenvalue weighted by Crippen LogP contribution is 2.17. The second kappa shape index (κ2) is 5.67. The van der Waals surface area contributed by atoms with Crippen LogP contribution in [0.25, 0.3) is 0 Å². The fourth-order valence-electron chi connectivity index (χ4n) is 0.999. The van der Waals surface area contributed by atoms with Gasteiger partial charge in [0.25, 0.3) is 0 Å². The summed E-state index contributed by atoms with van der Waals surface area (Å²) in [4.78, 5) is 12.2. The van der Waals surface area contributed by atoms with Gasteiger partial charge in [-0.25, -0.2) is 0 Å². The minimum absolute atomic E-state index is 0.116. The van der Waals surface area contributed by atoms with Crippen molar-refractivity contribution in [1.82, 2.24) is 0 Å². The predicted molar refractivity (Wildman–Crippen MR) is 58.6 cm³/mol. The summed E-state index contributed by atoms with van der Waals surface area (Å²) in [7, 11) is 0. The monoisotopic (exact) mass is 211 g/mol. The maximum atomic E-state index is 11.1. The van der Waals surface area contributed by atoms with E-state index in [1.165, 1.54) is 0 Å². The topological polar surface area (TPSA) is 49.3 Å². The van der Waals surface area contributed by atoms with Gasteiger partial charge in [0.05, 0.1) is 13.0 Å². The maximum absolute atomic E-state index is 11.1. The number of aliphatic hydroxyl groups is 1. The molecule has 0 atom stereocenters. The lowest BCUT2D eigenvalue weighted by Gasteiger charge is -2.04. The number of carbonyl (C=O) groups is 1. The summed E-state index contributed by atoms with van der Waals surface area (Å²) in [5.41, 5.74) is 0.765. The summed E-state index contributed by atoms with van der Waals surface area (Å²) in [5.74, 6) is -0.163. The Morgan fingerprint density at radius 2 is 2.07 bits per heavy atom. The molecule has 2 N–H and O–H groups in total. The van der Waals surface area contributed by atoms with Crippen molar-refractivity contribution in [2.24, 2.45) is 0 Å². The number of rotatable bonds is 4. The van der Waals surface area contributed by atoms with Crippen LogP contribution < -0.4 is 5.32 Å². The zero-order valence-electron chi connectivity index (χ0n) is 7.99. The van der Waals surface area contributed by atoms with E-state index in [9.17, 15) is 4.79 Å². The molecule has 0 spiro atoms. The van der Waals surface area contributed by atoms with Crippen LogP contribution in [0.15, 0.2) is 29.2 Å². The van der Waals surface area contributed by atoms with E-state index in [1.54, 1.807) is 11.8 Å². The van der Waals surface area contributed by atoms with Crippen molar-refractivity contribution in [2.75, 3.05) is 18.2 Å². The predicted octanol–water partition coefficient (Wildman–Crippen LogP) is 1.73. The Bertz CT molecular complexity index is 297. The third kappa shape index (κ3) is 3.40. The van der Waals surface area contributed by atoms with E-state index in [0.29, 0.717) is 0 Å². The van der Waals surface area contributed by atoms with Gasteiger partial charge in [0.1, 0.15) is 0 Å². The van der Waals surface area contributed by atoms with Crippen molar-refractivity contribution in [2.45, 2.75) is 11.3 Å². The Kier molecular flexibility index (Phi) is 4.49. The number of thioether (sulfide) groups is 1. The molecule has 0 aliphatic carbocycles. The van der Waals surface area contributed by atoms with Gasteiger partial charge in [-0.15, -0.1) is 11.8 Å². The van der Waals surface area contributed by atoms with E-state index in [0.717, 1.165) is 10.6 Å². The van der Waals surface area contributed by atoms with Gasteiger partial charge in [0.2, 0.25) is 5.91 Å². The Morgan fingerprint density at radius 1 is 1.43 bits per heavy atom. The van der Waals surface area contributed by atoms with Crippen LogP contribution in [0.4, 0.5) is 5.69 Å². The van der Waals surface area contributed by atoms with Gasteiger partial charge in [-0.3, -0.25) is 4.79 Å². The third-order valence-corrected chi connectivity index (χ3v) is 2.46. The number of carbonyl (C=O) groups excluding carboxylic acids is 1. The lowest BCUT2D eigenvalue weighted by Crippen LogP contribution is -2.12. The molecule has 1 aromatic rings. The van der Waals surface area contributed by atoms with Gasteiger partial charge in [-0.2, -0.15) is 0 Å². The van der Waals surface area contributed by atoms with Crippen LogP contribution in [-0.2, 0) is 4.79 Å². The molecule has 3 nitrogen and oxygen atoms in total. The van der Waals surface area contributed by atoms with Crippen molar-refractivity contribution >= 4 is 23.4 Å². The zero-order chi connectivity index (χ0) is 10.4. The standard InChI is InChI=1S/C10H13NO2S/c1-14-9-4-2-8(3-5-9)11-10(13)6-7-12/h2-5,12H,6-7H2,1H3,(H,11,13). The van der Waals surface area contributed by atoms with E-state index >= 15 is 0 Å². The lowest BCUT2D eigenvalue weighted by molar-refractivity contribution is -0.116. The van der Waals surface area contributed by atoms with Crippen LogP contribution in [-0.4, -0.2) is 23.9 Å². The summed E-state index contributed by atoms with van der Waals surface area (Å²) >= 11 is 1.65. The third-order valence-electron chi connectivity index (χ3n) is 1.71. The first-order valence-corrected chi connectivity index (χ1v) is 5.53. The van der Waals surface area contributed by atoms with Crippen LogP contribution >= 0.6 is 11.8 Å². The zero-order valence-corrected chi connectivity index (χ0v) is 8.80. The first-order chi connectivity index (χ1) is 6.76. The first-order valence-electron chi connectivity index (χ1n) is 4.31. The molecule has 0 bridgehead atoms. The van der Waals surface area contributed by atoms with Crippen LogP contribution in [0.1, 0.15) is 6.42 Å². The molecule has 0 aliphatic heterocycles. The summed E-state index contributed by atoms with van der Waals surface area (Å²) in [6.07, 6.45) is 2.14. The lowest BCUT2D eigenvalue weighted by atomic mass is 10.3. The maximum Gasteiger partial charge on any atom is 0.226 e. The Balaban J connectivity index is 2.55. The van der Waals surface area contributed by atoms with Crippen molar-refractivity contribution in [3.05, 3.63) is 24.3 Å². The van der Waals surface area contributed by atoms with Crippen molar-refractivity contribution < 1.29 is 9.90 Å². The molecule has 0 radical (unpaired) electrons. The van der Waals surface area contributed by atoms with E-state index in [4.69, 9.17) is 5.11 Å². The molecule has 0 saturated heterocycles. The molecule has 0 saturated carbocycles. The molecule has 0 unspecified atom stereocenters. The van der Waals surface area contributed by atoms with Gasteiger partial charge in [-0.05, 0) is 30.5 Å². The smallest absolute Gasteiger partial charge is 0.226 e. The van der Waals surface area contributed by atoms with E-state index < -0.39 is 0 Å². The minimum atomic E-state index is -0.163. The molecule has 14 heavy (non-hydrogen) atoms.